The van der Waals surface area contributed by atoms with Crippen LogP contribution in [0.25, 0.3) is 0 Å². The number of rotatable bonds is 5. The van der Waals surface area contributed by atoms with Crippen LogP contribution in [0.1, 0.15) is 23.0 Å². The summed E-state index contributed by atoms with van der Waals surface area (Å²) in [7, 11) is 0. The second-order valence-electron chi connectivity index (χ2n) is 4.63. The van der Waals surface area contributed by atoms with Gasteiger partial charge in [-0.2, -0.15) is 0 Å². The number of thiazole rings is 1. The summed E-state index contributed by atoms with van der Waals surface area (Å²) in [6, 6.07) is 9.95. The van der Waals surface area contributed by atoms with E-state index in [9.17, 15) is 0 Å². The van der Waals surface area contributed by atoms with E-state index in [1.165, 1.54) is 0 Å². The second kappa shape index (κ2) is 5.98. The van der Waals surface area contributed by atoms with E-state index in [0.717, 1.165) is 29.9 Å². The molecule has 0 aliphatic rings. The molecule has 0 spiro atoms. The summed E-state index contributed by atoms with van der Waals surface area (Å²) in [6.45, 7) is 0.847. The molecule has 0 aliphatic carbocycles. The van der Waals surface area contributed by atoms with Crippen molar-refractivity contribution in [2.75, 3.05) is 0 Å². The zero-order valence-corrected chi connectivity index (χ0v) is 11.8. The van der Waals surface area contributed by atoms with Crippen LogP contribution < -0.4 is 5.73 Å². The van der Waals surface area contributed by atoms with Crippen molar-refractivity contribution in [2.45, 2.75) is 19.0 Å². The quantitative estimate of drug-likeness (QED) is 0.783. The van der Waals surface area contributed by atoms with E-state index in [0.29, 0.717) is 0 Å². The first kappa shape index (κ1) is 13.0. The maximum Gasteiger partial charge on any atom is 0.0948 e. The molecule has 1 atom stereocenters. The topological polar surface area (TPSA) is 56.7 Å². The first-order chi connectivity index (χ1) is 9.84. The molecule has 20 heavy (non-hydrogen) atoms. The van der Waals surface area contributed by atoms with Crippen LogP contribution in [0, 0.1) is 0 Å². The van der Waals surface area contributed by atoms with Crippen LogP contribution in [0.15, 0.2) is 53.7 Å². The Morgan fingerprint density at radius 3 is 2.85 bits per heavy atom. The van der Waals surface area contributed by atoms with E-state index < -0.39 is 0 Å². The molecule has 5 heteroatoms. The molecule has 0 fully saturated rings. The van der Waals surface area contributed by atoms with Crippen LogP contribution in [0.2, 0.25) is 0 Å². The van der Waals surface area contributed by atoms with Gasteiger partial charge in [0.05, 0.1) is 35.5 Å². The third kappa shape index (κ3) is 2.79. The third-order valence-corrected chi connectivity index (χ3v) is 3.95. The molecule has 3 aromatic rings. The van der Waals surface area contributed by atoms with Gasteiger partial charge in [-0.15, -0.1) is 11.3 Å². The molecule has 0 bridgehead atoms. The minimum absolute atomic E-state index is 0.144. The number of nitrogens with two attached hydrogens (primary N) is 1. The van der Waals surface area contributed by atoms with Gasteiger partial charge < -0.3 is 10.3 Å². The predicted molar refractivity (Wildman–Crippen MR) is 80.5 cm³/mol. The van der Waals surface area contributed by atoms with Gasteiger partial charge in [-0.3, -0.25) is 0 Å². The Hall–Kier alpha value is -1.98. The van der Waals surface area contributed by atoms with Gasteiger partial charge in [0.2, 0.25) is 0 Å². The second-order valence-corrected chi connectivity index (χ2v) is 5.35. The summed E-state index contributed by atoms with van der Waals surface area (Å²) >= 11 is 1.62. The molecule has 102 valence electrons. The van der Waals surface area contributed by atoms with Gasteiger partial charge in [0.15, 0.2) is 0 Å². The highest BCUT2D eigenvalue weighted by Gasteiger charge is 2.13. The Bertz CT molecular complexity index is 646. The van der Waals surface area contributed by atoms with Crippen LogP contribution >= 0.6 is 11.3 Å². The molecule has 4 nitrogen and oxygen atoms in total. The van der Waals surface area contributed by atoms with Crippen LogP contribution in [0.3, 0.4) is 0 Å². The van der Waals surface area contributed by atoms with Gasteiger partial charge in [0.25, 0.3) is 0 Å². The summed E-state index contributed by atoms with van der Waals surface area (Å²) in [5.74, 6) is 0. The maximum absolute atomic E-state index is 6.34. The molecule has 0 aliphatic heterocycles. The number of hydrogen-bond acceptors (Lipinski definition) is 4. The Kier molecular flexibility index (Phi) is 3.90. The summed E-state index contributed by atoms with van der Waals surface area (Å²) in [5, 5.41) is 2.08. The summed E-state index contributed by atoms with van der Waals surface area (Å²) in [5.41, 5.74) is 11.4. The van der Waals surface area contributed by atoms with Crippen molar-refractivity contribution < 1.29 is 0 Å². The number of benzene rings is 1. The monoisotopic (exact) mass is 284 g/mol. The highest BCUT2D eigenvalue weighted by atomic mass is 32.1. The number of aryl methyl sites for hydroxylation is 2. The third-order valence-electron chi connectivity index (χ3n) is 3.31. The lowest BCUT2D eigenvalue weighted by Gasteiger charge is -2.14. The fraction of sp³-hybridized carbons (Fsp3) is 0.200. The molecule has 1 unspecified atom stereocenters. The fourth-order valence-corrected chi connectivity index (χ4v) is 2.80. The summed E-state index contributed by atoms with van der Waals surface area (Å²) in [4.78, 5) is 8.54. The molecule has 1 aromatic carbocycles. The predicted octanol–water partition coefficient (Wildman–Crippen LogP) is 2.63. The van der Waals surface area contributed by atoms with Crippen LogP contribution in [0.5, 0.6) is 0 Å². The Balaban J connectivity index is 1.76. The average Bonchev–Trinajstić information content (AvgIpc) is 3.16. The molecule has 2 N–H and O–H groups in total. The van der Waals surface area contributed by atoms with Crippen LogP contribution in [-0.4, -0.2) is 14.5 Å². The molecule has 3 rings (SSSR count). The highest BCUT2D eigenvalue weighted by Crippen LogP contribution is 2.19. The fourth-order valence-electron chi connectivity index (χ4n) is 2.20. The lowest BCUT2D eigenvalue weighted by atomic mass is 10.1. The van der Waals surface area contributed by atoms with E-state index in [-0.39, 0.29) is 6.04 Å². The number of nitrogens with zero attached hydrogens (tertiary/aromatic N) is 3. The minimum Gasteiger partial charge on any atom is -0.333 e. The van der Waals surface area contributed by atoms with Crippen molar-refractivity contribution in [1.29, 1.82) is 0 Å². The van der Waals surface area contributed by atoms with Crippen molar-refractivity contribution >= 4 is 11.3 Å². The Morgan fingerprint density at radius 1 is 1.25 bits per heavy atom. The molecule has 2 heterocycles. The van der Waals surface area contributed by atoms with E-state index in [1.54, 1.807) is 11.3 Å². The Labute approximate surface area is 121 Å². The molecule has 0 saturated heterocycles. The van der Waals surface area contributed by atoms with Gasteiger partial charge in [-0.25, -0.2) is 9.97 Å². The Morgan fingerprint density at radius 2 is 2.10 bits per heavy atom. The van der Waals surface area contributed by atoms with Crippen molar-refractivity contribution in [3.8, 4) is 0 Å². The average molecular weight is 284 g/mol. The first-order valence-corrected chi connectivity index (χ1v) is 7.46. The zero-order valence-electron chi connectivity index (χ0n) is 11.0. The van der Waals surface area contributed by atoms with Crippen molar-refractivity contribution in [1.82, 2.24) is 14.5 Å². The SMILES string of the molecule is NC(c1ccccc1)c1cncn1CCc1cscn1. The normalized spacial score (nSPS) is 12.4. The van der Waals surface area contributed by atoms with Gasteiger partial charge in [0, 0.05) is 18.3 Å². The van der Waals surface area contributed by atoms with Gasteiger partial charge in [0.1, 0.15) is 0 Å². The van der Waals surface area contributed by atoms with Crippen molar-refractivity contribution in [3.63, 3.8) is 0 Å². The van der Waals surface area contributed by atoms with Crippen LogP contribution in [-0.2, 0) is 13.0 Å². The van der Waals surface area contributed by atoms with E-state index in [2.05, 4.69) is 19.9 Å². The molecular formula is C15H16N4S. The number of aromatic nitrogens is 3. The van der Waals surface area contributed by atoms with Crippen LogP contribution in [0.4, 0.5) is 0 Å². The first-order valence-electron chi connectivity index (χ1n) is 6.52. The number of imidazole rings is 1. The summed E-state index contributed by atoms with van der Waals surface area (Å²) in [6.07, 6.45) is 4.58. The van der Waals surface area contributed by atoms with Gasteiger partial charge in [-0.1, -0.05) is 30.3 Å². The minimum atomic E-state index is -0.144. The maximum atomic E-state index is 6.34. The van der Waals surface area contributed by atoms with E-state index in [1.807, 2.05) is 48.4 Å². The standard InChI is InChI=1S/C15H16N4S/c16-15(12-4-2-1-3-5-12)14-8-17-10-19(14)7-6-13-9-20-11-18-13/h1-5,8-11,15H,6-7,16H2. The molecular weight excluding hydrogens is 268 g/mol. The molecule has 0 amide bonds. The molecule has 0 saturated carbocycles. The van der Waals surface area contributed by atoms with Gasteiger partial charge in [-0.05, 0) is 5.56 Å². The lowest BCUT2D eigenvalue weighted by Crippen LogP contribution is -2.17. The van der Waals surface area contributed by atoms with E-state index in [4.69, 9.17) is 5.73 Å². The summed E-state index contributed by atoms with van der Waals surface area (Å²) < 4.78 is 2.11. The van der Waals surface area contributed by atoms with Crippen molar-refractivity contribution in [2.24, 2.45) is 5.73 Å². The van der Waals surface area contributed by atoms with Crippen molar-refractivity contribution in [3.05, 3.63) is 70.7 Å². The van der Waals surface area contributed by atoms with Gasteiger partial charge >= 0.3 is 0 Å². The molecule has 2 aromatic heterocycles. The molecule has 0 radical (unpaired) electrons. The number of hydrogen-bond donors (Lipinski definition) is 1. The largest absolute Gasteiger partial charge is 0.333 e. The highest BCUT2D eigenvalue weighted by molar-refractivity contribution is 7.07. The van der Waals surface area contributed by atoms with E-state index >= 15 is 0 Å². The smallest absolute Gasteiger partial charge is 0.0948 e. The zero-order chi connectivity index (χ0) is 13.8. The lowest BCUT2D eigenvalue weighted by molar-refractivity contribution is 0.631.